The topological polar surface area (TPSA) is 26.3 Å². The van der Waals surface area contributed by atoms with Crippen LogP contribution in [0.1, 0.15) is 18.1 Å². The van der Waals surface area contributed by atoms with E-state index in [0.29, 0.717) is 0 Å². The Morgan fingerprint density at radius 3 is 1.53 bits per heavy atom. The molecule has 0 radical (unpaired) electrons. The summed E-state index contributed by atoms with van der Waals surface area (Å²) >= 11 is 0. The molecule has 2 heterocycles. The zero-order chi connectivity index (χ0) is 28.7. The van der Waals surface area contributed by atoms with Crippen LogP contribution in [-0.4, -0.2) is 0 Å². The highest BCUT2D eigenvalue weighted by Crippen LogP contribution is 2.51. The van der Waals surface area contributed by atoms with Crippen molar-refractivity contribution < 1.29 is 8.83 Å². The van der Waals surface area contributed by atoms with Crippen LogP contribution < -0.4 is 0 Å². The number of benzene rings is 7. The van der Waals surface area contributed by atoms with Crippen LogP contribution >= 0.6 is 0 Å². The molecular weight excluding hydrogens is 524 g/mol. The lowest BCUT2D eigenvalue weighted by molar-refractivity contribution is 0.666. The van der Waals surface area contributed by atoms with E-state index >= 15 is 0 Å². The van der Waals surface area contributed by atoms with Crippen molar-refractivity contribution in [3.05, 3.63) is 132 Å². The van der Waals surface area contributed by atoms with Gasteiger partial charge in [0, 0.05) is 32.7 Å². The quantitative estimate of drug-likeness (QED) is 0.218. The fraction of sp³-hybridized carbons (Fsp3) is 0.0732. The first-order valence-corrected chi connectivity index (χ1v) is 15.0. The summed E-state index contributed by atoms with van der Waals surface area (Å²) in [6, 6.07) is 43.6. The molecule has 9 aromatic rings. The Hall–Kier alpha value is -5.34. The second-order valence-electron chi connectivity index (χ2n) is 11.7. The second-order valence-corrected chi connectivity index (χ2v) is 11.7. The Balaban J connectivity index is 1.56. The zero-order valence-electron chi connectivity index (χ0n) is 24.1. The minimum atomic E-state index is 0.885. The van der Waals surface area contributed by atoms with Gasteiger partial charge in [0.1, 0.15) is 22.3 Å². The van der Waals surface area contributed by atoms with Crippen molar-refractivity contribution in [2.24, 2.45) is 0 Å². The van der Waals surface area contributed by atoms with E-state index in [-0.39, 0.29) is 0 Å². The fourth-order valence-corrected chi connectivity index (χ4v) is 6.90. The van der Waals surface area contributed by atoms with E-state index in [2.05, 4.69) is 135 Å². The first-order chi connectivity index (χ1) is 21.2. The van der Waals surface area contributed by atoms with Crippen LogP contribution in [0, 0.1) is 6.92 Å². The molecule has 2 heteroatoms. The first-order valence-electron chi connectivity index (χ1n) is 15.0. The number of fused-ring (bicyclic) bond motifs is 8. The van der Waals surface area contributed by atoms with Gasteiger partial charge in [-0.15, -0.1) is 0 Å². The third kappa shape index (κ3) is 3.60. The standard InChI is InChI=1S/C41H28O2/c1-3-25-15-17-29-23-35-33(21-31(29)19-25)39-37(27-12-8-5-9-13-27)40-38(36(41(39)43-35)26-10-6-4-7-11-26)32-20-30-18-24(2)14-16-28(30)22-34(32)42-40/h4-23H,3H2,1-2H3. The van der Waals surface area contributed by atoms with Crippen LogP contribution in [0.15, 0.2) is 130 Å². The van der Waals surface area contributed by atoms with Crippen molar-refractivity contribution in [3.8, 4) is 22.3 Å². The summed E-state index contributed by atoms with van der Waals surface area (Å²) < 4.78 is 13.9. The number of rotatable bonds is 3. The minimum absolute atomic E-state index is 0.885. The van der Waals surface area contributed by atoms with Gasteiger partial charge < -0.3 is 8.83 Å². The van der Waals surface area contributed by atoms with Crippen LogP contribution in [0.5, 0.6) is 0 Å². The van der Waals surface area contributed by atoms with E-state index < -0.39 is 0 Å². The zero-order valence-corrected chi connectivity index (χ0v) is 24.1. The van der Waals surface area contributed by atoms with Gasteiger partial charge in [-0.3, -0.25) is 0 Å². The Labute approximate surface area is 248 Å². The van der Waals surface area contributed by atoms with Crippen molar-refractivity contribution >= 4 is 65.4 Å². The van der Waals surface area contributed by atoms with Gasteiger partial charge in [-0.25, -0.2) is 0 Å². The van der Waals surface area contributed by atoms with Gasteiger partial charge in [0.15, 0.2) is 0 Å². The smallest absolute Gasteiger partial charge is 0.144 e. The summed E-state index contributed by atoms with van der Waals surface area (Å²) in [6.07, 6.45) is 1.00. The molecule has 0 unspecified atom stereocenters. The average Bonchev–Trinajstić information content (AvgIpc) is 3.59. The molecule has 204 valence electrons. The second kappa shape index (κ2) is 9.08. The molecule has 0 aliphatic rings. The maximum absolute atomic E-state index is 6.96. The minimum Gasteiger partial charge on any atom is -0.455 e. The molecule has 0 saturated heterocycles. The maximum Gasteiger partial charge on any atom is 0.144 e. The molecular formula is C41H28O2. The molecule has 0 N–H and O–H groups in total. The van der Waals surface area contributed by atoms with Gasteiger partial charge in [-0.05, 0) is 75.8 Å². The SMILES string of the molecule is CCc1ccc2cc3oc4c(-c5ccccc5)c5c(oc6cc7ccc(C)cc7cc65)c(-c5ccccc5)c4c3cc2c1. The van der Waals surface area contributed by atoms with E-state index in [1.54, 1.807) is 0 Å². The van der Waals surface area contributed by atoms with Crippen LogP contribution in [0.2, 0.25) is 0 Å². The van der Waals surface area contributed by atoms with E-state index in [4.69, 9.17) is 8.83 Å². The molecule has 0 aliphatic carbocycles. The van der Waals surface area contributed by atoms with Gasteiger partial charge >= 0.3 is 0 Å². The monoisotopic (exact) mass is 552 g/mol. The van der Waals surface area contributed by atoms with E-state index in [1.165, 1.54) is 32.7 Å². The van der Waals surface area contributed by atoms with Gasteiger partial charge in [-0.1, -0.05) is 110 Å². The molecule has 7 aromatic carbocycles. The lowest BCUT2D eigenvalue weighted by Crippen LogP contribution is -1.87. The highest BCUT2D eigenvalue weighted by Gasteiger charge is 2.27. The summed E-state index contributed by atoms with van der Waals surface area (Å²) in [5, 5.41) is 9.18. The van der Waals surface area contributed by atoms with Crippen LogP contribution in [-0.2, 0) is 6.42 Å². The molecule has 9 rings (SSSR count). The molecule has 0 amide bonds. The molecule has 2 nitrogen and oxygen atoms in total. The predicted octanol–water partition coefficient (Wildman–Crippen LogP) is 12.0. The lowest BCUT2D eigenvalue weighted by Gasteiger charge is -2.11. The summed E-state index contributed by atoms with van der Waals surface area (Å²) in [4.78, 5) is 0. The molecule has 2 aromatic heterocycles. The summed E-state index contributed by atoms with van der Waals surface area (Å²) in [6.45, 7) is 4.35. The number of hydrogen-bond acceptors (Lipinski definition) is 2. The Kier molecular flexibility index (Phi) is 5.13. The first kappa shape index (κ1) is 24.3. The third-order valence-corrected chi connectivity index (χ3v) is 9.00. The normalized spacial score (nSPS) is 12.0. The molecule has 0 aliphatic heterocycles. The van der Waals surface area contributed by atoms with Crippen molar-refractivity contribution in [2.75, 3.05) is 0 Å². The van der Waals surface area contributed by atoms with Crippen molar-refractivity contribution in [2.45, 2.75) is 20.3 Å². The van der Waals surface area contributed by atoms with E-state index in [9.17, 15) is 0 Å². The van der Waals surface area contributed by atoms with Crippen LogP contribution in [0.4, 0.5) is 0 Å². The van der Waals surface area contributed by atoms with Crippen LogP contribution in [0.25, 0.3) is 87.7 Å². The molecule has 0 saturated carbocycles. The van der Waals surface area contributed by atoms with Gasteiger partial charge in [0.25, 0.3) is 0 Å². The van der Waals surface area contributed by atoms with Gasteiger partial charge in [0.05, 0.1) is 0 Å². The predicted molar refractivity (Wildman–Crippen MR) is 181 cm³/mol. The van der Waals surface area contributed by atoms with Crippen molar-refractivity contribution in [3.63, 3.8) is 0 Å². The average molecular weight is 553 g/mol. The van der Waals surface area contributed by atoms with Crippen molar-refractivity contribution in [1.29, 1.82) is 0 Å². The molecule has 0 fully saturated rings. The molecule has 0 bridgehead atoms. The van der Waals surface area contributed by atoms with E-state index in [1.807, 2.05) is 0 Å². The number of hydrogen-bond donors (Lipinski definition) is 0. The maximum atomic E-state index is 6.96. The van der Waals surface area contributed by atoms with E-state index in [0.717, 1.165) is 72.6 Å². The highest BCUT2D eigenvalue weighted by molar-refractivity contribution is 6.31. The Bertz CT molecular complexity index is 2530. The largest absolute Gasteiger partial charge is 0.455 e. The summed E-state index contributed by atoms with van der Waals surface area (Å²) in [5.74, 6) is 0. The number of furan rings is 2. The summed E-state index contributed by atoms with van der Waals surface area (Å²) in [7, 11) is 0. The van der Waals surface area contributed by atoms with Gasteiger partial charge in [-0.2, -0.15) is 0 Å². The Morgan fingerprint density at radius 1 is 0.488 bits per heavy atom. The molecule has 0 spiro atoms. The van der Waals surface area contributed by atoms with Gasteiger partial charge in [0.2, 0.25) is 0 Å². The highest BCUT2D eigenvalue weighted by atomic mass is 16.3. The lowest BCUT2D eigenvalue weighted by atomic mass is 9.90. The fourth-order valence-electron chi connectivity index (χ4n) is 6.90. The Morgan fingerprint density at radius 2 is 1.00 bits per heavy atom. The molecule has 0 atom stereocenters. The van der Waals surface area contributed by atoms with Crippen molar-refractivity contribution in [1.82, 2.24) is 0 Å². The number of aryl methyl sites for hydroxylation is 2. The summed E-state index contributed by atoms with van der Waals surface area (Å²) in [5.41, 5.74) is 10.5. The van der Waals surface area contributed by atoms with Crippen LogP contribution in [0.3, 0.4) is 0 Å². The third-order valence-electron chi connectivity index (χ3n) is 9.00. The molecule has 43 heavy (non-hydrogen) atoms.